The van der Waals surface area contributed by atoms with Crippen LogP contribution in [0.3, 0.4) is 0 Å². The van der Waals surface area contributed by atoms with Crippen molar-refractivity contribution in [1.29, 1.82) is 0 Å². The van der Waals surface area contributed by atoms with Gasteiger partial charge < -0.3 is 0 Å². The maximum atomic E-state index is 13.9. The van der Waals surface area contributed by atoms with E-state index in [1.54, 1.807) is 55.5 Å². The second-order valence-electron chi connectivity index (χ2n) is 8.33. The normalized spacial score (nSPS) is 12.9. The summed E-state index contributed by atoms with van der Waals surface area (Å²) in [6.45, 7) is 5.67. The molecule has 6 nitrogen and oxygen atoms in total. The van der Waals surface area contributed by atoms with Crippen molar-refractivity contribution in [2.24, 2.45) is 0 Å². The molecule has 9 heteroatoms. The Morgan fingerprint density at radius 1 is 1.09 bits per heavy atom. The maximum Gasteiger partial charge on any atom is 0.266 e. The number of benzene rings is 3. The Labute approximate surface area is 208 Å². The third kappa shape index (κ3) is 4.74. The smallest absolute Gasteiger partial charge is 0.266 e. The van der Waals surface area contributed by atoms with E-state index in [-0.39, 0.29) is 22.3 Å². The molecule has 4 rings (SSSR count). The molecule has 0 aliphatic heterocycles. The molecule has 0 saturated carbocycles. The molecule has 3 aromatic carbocycles. The largest absolute Gasteiger partial charge is 0.268 e. The van der Waals surface area contributed by atoms with E-state index >= 15 is 0 Å². The molecular weight excluding hydrogens is 489 g/mol. The third-order valence-electron chi connectivity index (χ3n) is 5.84. The summed E-state index contributed by atoms with van der Waals surface area (Å²) in [4.78, 5) is 18.5. The Morgan fingerprint density at radius 3 is 2.43 bits per heavy atom. The quantitative estimate of drug-likeness (QED) is 0.320. The number of aromatic nitrogens is 2. The molecule has 0 radical (unpaired) electrons. The van der Waals surface area contributed by atoms with Crippen molar-refractivity contribution in [2.45, 2.75) is 38.1 Å². The first-order chi connectivity index (χ1) is 16.6. The van der Waals surface area contributed by atoms with Gasteiger partial charge in [0.05, 0.1) is 32.6 Å². The van der Waals surface area contributed by atoms with Gasteiger partial charge in [-0.1, -0.05) is 48.4 Å². The molecule has 0 N–H and O–H groups in total. The molecule has 0 aliphatic rings. The number of aryl methyl sites for hydroxylation is 1. The van der Waals surface area contributed by atoms with Crippen molar-refractivity contribution in [3.05, 3.63) is 99.3 Å². The first-order valence-corrected chi connectivity index (χ1v) is 13.0. The van der Waals surface area contributed by atoms with Gasteiger partial charge in [-0.3, -0.25) is 9.36 Å². The Hall–Kier alpha value is -3.07. The zero-order chi connectivity index (χ0) is 25.3. The first-order valence-electron chi connectivity index (χ1n) is 11.2. The Morgan fingerprint density at radius 2 is 1.77 bits per heavy atom. The molecule has 1 heterocycles. The van der Waals surface area contributed by atoms with Crippen LogP contribution in [0.4, 0.5) is 4.39 Å². The van der Waals surface area contributed by atoms with Crippen LogP contribution in [-0.4, -0.2) is 28.8 Å². The lowest BCUT2D eigenvalue weighted by molar-refractivity contribution is 0.327. The van der Waals surface area contributed by atoms with Crippen molar-refractivity contribution in [2.75, 3.05) is 6.54 Å². The van der Waals surface area contributed by atoms with E-state index in [1.807, 2.05) is 13.8 Å². The Kier molecular flexibility index (Phi) is 7.07. The highest BCUT2D eigenvalue weighted by Gasteiger charge is 2.32. The summed E-state index contributed by atoms with van der Waals surface area (Å²) in [5.74, 6) is -0.415. The van der Waals surface area contributed by atoms with E-state index in [0.29, 0.717) is 23.0 Å². The number of rotatable bonds is 7. The second-order valence-corrected chi connectivity index (χ2v) is 10.6. The lowest BCUT2D eigenvalue weighted by atomic mass is 10.2. The molecule has 0 spiro atoms. The zero-order valence-corrected chi connectivity index (χ0v) is 21.1. The van der Waals surface area contributed by atoms with Crippen molar-refractivity contribution < 1.29 is 12.8 Å². The minimum atomic E-state index is -3.92. The predicted octanol–water partition coefficient (Wildman–Crippen LogP) is 5.65. The lowest BCUT2D eigenvalue weighted by Gasteiger charge is -2.29. The Bertz CT molecular complexity index is 1550. The molecule has 0 saturated heterocycles. The summed E-state index contributed by atoms with van der Waals surface area (Å²) >= 11 is 6.03. The molecular formula is C26H25ClFN3O3S. The molecule has 0 bridgehead atoms. The van der Waals surface area contributed by atoms with Crippen LogP contribution in [-0.2, 0) is 10.0 Å². The first kappa shape index (κ1) is 25.0. The zero-order valence-electron chi connectivity index (χ0n) is 19.6. The SMILES string of the molecule is CCCN(C(C)c1nc2ccccc2c(=O)n1-c1ccc(F)c(Cl)c1)S(=O)(=O)c1ccc(C)cc1. The molecule has 35 heavy (non-hydrogen) atoms. The van der Waals surface area contributed by atoms with Gasteiger partial charge in [0.1, 0.15) is 11.6 Å². The van der Waals surface area contributed by atoms with Gasteiger partial charge >= 0.3 is 0 Å². The van der Waals surface area contributed by atoms with Gasteiger partial charge in [0, 0.05) is 6.54 Å². The van der Waals surface area contributed by atoms with E-state index in [0.717, 1.165) is 5.56 Å². The van der Waals surface area contributed by atoms with Gasteiger partial charge in [-0.2, -0.15) is 4.31 Å². The van der Waals surface area contributed by atoms with Crippen LogP contribution in [0.1, 0.15) is 37.7 Å². The average molecular weight is 514 g/mol. The van der Waals surface area contributed by atoms with E-state index in [1.165, 1.54) is 27.1 Å². The summed E-state index contributed by atoms with van der Waals surface area (Å²) in [6, 6.07) is 16.6. The number of sulfonamides is 1. The minimum Gasteiger partial charge on any atom is -0.268 e. The number of hydrogen-bond donors (Lipinski definition) is 0. The van der Waals surface area contributed by atoms with Gasteiger partial charge in [-0.15, -0.1) is 0 Å². The molecule has 1 atom stereocenters. The van der Waals surface area contributed by atoms with Crippen molar-refractivity contribution in [3.8, 4) is 5.69 Å². The average Bonchev–Trinajstić information content (AvgIpc) is 2.84. The summed E-state index contributed by atoms with van der Waals surface area (Å²) in [5, 5.41) is 0.200. The highest BCUT2D eigenvalue weighted by atomic mass is 35.5. The van der Waals surface area contributed by atoms with E-state index in [4.69, 9.17) is 16.6 Å². The molecule has 1 aromatic heterocycles. The van der Waals surface area contributed by atoms with Crippen LogP contribution in [0.2, 0.25) is 5.02 Å². The maximum absolute atomic E-state index is 13.9. The predicted molar refractivity (Wildman–Crippen MR) is 136 cm³/mol. The fraction of sp³-hybridized carbons (Fsp3) is 0.231. The summed E-state index contributed by atoms with van der Waals surface area (Å²) in [7, 11) is -3.92. The van der Waals surface area contributed by atoms with Gasteiger partial charge in [0.2, 0.25) is 10.0 Å². The summed E-state index contributed by atoms with van der Waals surface area (Å²) in [5.41, 5.74) is 1.28. The topological polar surface area (TPSA) is 72.3 Å². The number of fused-ring (bicyclic) bond motifs is 1. The van der Waals surface area contributed by atoms with E-state index in [9.17, 15) is 17.6 Å². The molecule has 4 aromatic rings. The summed E-state index contributed by atoms with van der Waals surface area (Å²) in [6.07, 6.45) is 0.551. The number of hydrogen-bond acceptors (Lipinski definition) is 4. The Balaban J connectivity index is 1.96. The number of nitrogens with zero attached hydrogens (tertiary/aromatic N) is 3. The fourth-order valence-corrected chi connectivity index (χ4v) is 5.88. The number of para-hydroxylation sites is 1. The molecule has 182 valence electrons. The summed E-state index contributed by atoms with van der Waals surface area (Å²) < 4.78 is 43.9. The lowest BCUT2D eigenvalue weighted by Crippen LogP contribution is -2.38. The van der Waals surface area contributed by atoms with Gasteiger partial charge in [0.25, 0.3) is 5.56 Å². The van der Waals surface area contributed by atoms with Crippen molar-refractivity contribution in [3.63, 3.8) is 0 Å². The molecule has 1 unspecified atom stereocenters. The molecule has 0 aliphatic carbocycles. The molecule has 0 amide bonds. The standard InChI is InChI=1S/C26H25ClFN3O3S/c1-4-15-30(35(33,34)20-12-9-17(2)10-13-20)18(3)25-29-24-8-6-5-7-21(24)26(32)31(25)19-11-14-23(28)22(27)16-19/h5-14,16,18H,4,15H2,1-3H3. The van der Waals surface area contributed by atoms with Crippen LogP contribution in [0.25, 0.3) is 16.6 Å². The van der Waals surface area contributed by atoms with Gasteiger partial charge in [-0.05, 0) is 62.7 Å². The van der Waals surface area contributed by atoms with Crippen LogP contribution in [0.15, 0.2) is 76.4 Å². The van der Waals surface area contributed by atoms with Crippen LogP contribution < -0.4 is 5.56 Å². The molecule has 0 fully saturated rings. The third-order valence-corrected chi connectivity index (χ3v) is 8.11. The van der Waals surface area contributed by atoms with Gasteiger partial charge in [0.15, 0.2) is 0 Å². The fourth-order valence-electron chi connectivity index (χ4n) is 4.02. The van der Waals surface area contributed by atoms with Crippen LogP contribution in [0, 0.1) is 12.7 Å². The highest BCUT2D eigenvalue weighted by molar-refractivity contribution is 7.89. The highest BCUT2D eigenvalue weighted by Crippen LogP contribution is 2.29. The second kappa shape index (κ2) is 9.89. The van der Waals surface area contributed by atoms with Crippen molar-refractivity contribution in [1.82, 2.24) is 13.9 Å². The van der Waals surface area contributed by atoms with E-state index < -0.39 is 27.4 Å². The van der Waals surface area contributed by atoms with Crippen molar-refractivity contribution >= 4 is 32.5 Å². The van der Waals surface area contributed by atoms with Crippen LogP contribution >= 0.6 is 11.6 Å². The van der Waals surface area contributed by atoms with E-state index in [2.05, 4.69) is 0 Å². The van der Waals surface area contributed by atoms with Crippen LogP contribution in [0.5, 0.6) is 0 Å². The van der Waals surface area contributed by atoms with Gasteiger partial charge in [-0.25, -0.2) is 17.8 Å². The minimum absolute atomic E-state index is 0.154. The number of halogens is 2. The monoisotopic (exact) mass is 513 g/mol.